The fourth-order valence-electron chi connectivity index (χ4n) is 5.01. The molecule has 1 saturated heterocycles. The Morgan fingerprint density at radius 2 is 1.23 bits per heavy atom. The molecule has 230 valence electrons. The van der Waals surface area contributed by atoms with Crippen LogP contribution in [0.1, 0.15) is 122 Å². The van der Waals surface area contributed by atoms with E-state index in [1.807, 2.05) is 4.90 Å². The van der Waals surface area contributed by atoms with Gasteiger partial charge in [0.1, 0.15) is 6.04 Å². The first-order chi connectivity index (χ1) is 19.2. The van der Waals surface area contributed by atoms with Gasteiger partial charge in [-0.15, -0.1) is 0 Å². The first-order valence-corrected chi connectivity index (χ1v) is 16.2. The summed E-state index contributed by atoms with van der Waals surface area (Å²) < 4.78 is 16.4. The van der Waals surface area contributed by atoms with Crippen LogP contribution in [0.2, 0.25) is 0 Å². The van der Waals surface area contributed by atoms with E-state index >= 15 is 0 Å². The molecule has 39 heavy (non-hydrogen) atoms. The molecule has 8 nitrogen and oxygen atoms in total. The van der Waals surface area contributed by atoms with Gasteiger partial charge in [-0.1, -0.05) is 84.0 Å². The zero-order valence-electron chi connectivity index (χ0n) is 25.2. The number of hydrogen-bond acceptors (Lipinski definition) is 6. The lowest BCUT2D eigenvalue weighted by atomic mass is 10.0. The lowest BCUT2D eigenvalue weighted by molar-refractivity contribution is -0.138. The van der Waals surface area contributed by atoms with Crippen LogP contribution >= 0.6 is 0 Å². The standard InChI is InChI=1S/C31H61N3O5/c1-2-3-4-5-6-7-8-9-10-11-12-13-14-19-30(35)34-22-15-18-29(34)31(36)33-21-17-24-38-26-28-39-27-25-37-23-16-20-32/h29H,2-28,32H2,1H3,(H,33,36). The van der Waals surface area contributed by atoms with E-state index in [9.17, 15) is 9.59 Å². The topological polar surface area (TPSA) is 103 Å². The zero-order valence-corrected chi connectivity index (χ0v) is 25.2. The Hall–Kier alpha value is -1.22. The molecule has 0 bridgehead atoms. The van der Waals surface area contributed by atoms with Gasteiger partial charge in [0.25, 0.3) is 0 Å². The first kappa shape index (κ1) is 35.8. The number of unbranched alkanes of at least 4 members (excludes halogenated alkanes) is 12. The average Bonchev–Trinajstić information content (AvgIpc) is 3.44. The van der Waals surface area contributed by atoms with E-state index in [0.717, 1.165) is 38.5 Å². The zero-order chi connectivity index (χ0) is 28.2. The number of carbonyl (C=O) groups is 2. The van der Waals surface area contributed by atoms with Gasteiger partial charge in [0.05, 0.1) is 26.4 Å². The van der Waals surface area contributed by atoms with E-state index < -0.39 is 0 Å². The molecule has 0 saturated carbocycles. The Balaban J connectivity index is 1.96. The fraction of sp³-hybridized carbons (Fsp3) is 0.935. The van der Waals surface area contributed by atoms with Crippen LogP contribution in [0.25, 0.3) is 0 Å². The van der Waals surface area contributed by atoms with E-state index in [2.05, 4.69) is 12.2 Å². The number of ether oxygens (including phenoxy) is 3. The highest BCUT2D eigenvalue weighted by Gasteiger charge is 2.33. The van der Waals surface area contributed by atoms with Crippen molar-refractivity contribution in [1.29, 1.82) is 0 Å². The Labute approximate surface area is 239 Å². The molecular weight excluding hydrogens is 494 g/mol. The second-order valence-electron chi connectivity index (χ2n) is 10.9. The van der Waals surface area contributed by atoms with E-state index in [-0.39, 0.29) is 17.9 Å². The third-order valence-corrected chi connectivity index (χ3v) is 7.37. The van der Waals surface area contributed by atoms with Crippen LogP contribution in [0, 0.1) is 0 Å². The molecule has 1 fully saturated rings. The van der Waals surface area contributed by atoms with Crippen LogP contribution in [0.15, 0.2) is 0 Å². The van der Waals surface area contributed by atoms with Crippen LogP contribution in [0.4, 0.5) is 0 Å². The minimum Gasteiger partial charge on any atom is -0.379 e. The summed E-state index contributed by atoms with van der Waals surface area (Å²) in [6.45, 7) is 7.62. The van der Waals surface area contributed by atoms with Crippen molar-refractivity contribution < 1.29 is 23.8 Å². The molecule has 2 amide bonds. The molecule has 0 aromatic heterocycles. The number of nitrogens with zero attached hydrogens (tertiary/aromatic N) is 1. The van der Waals surface area contributed by atoms with Crippen molar-refractivity contribution in [3.8, 4) is 0 Å². The van der Waals surface area contributed by atoms with Crippen molar-refractivity contribution >= 4 is 11.8 Å². The van der Waals surface area contributed by atoms with Crippen molar-refractivity contribution in [2.45, 2.75) is 129 Å². The lowest BCUT2D eigenvalue weighted by Gasteiger charge is -2.24. The van der Waals surface area contributed by atoms with Crippen LogP contribution in [0.3, 0.4) is 0 Å². The molecule has 8 heteroatoms. The Bertz CT molecular complexity index is 530. The van der Waals surface area contributed by atoms with E-state index in [4.69, 9.17) is 19.9 Å². The number of likely N-dealkylation sites (tertiary alicyclic amines) is 1. The highest BCUT2D eigenvalue weighted by molar-refractivity contribution is 5.88. The summed E-state index contributed by atoms with van der Waals surface area (Å²) >= 11 is 0. The summed E-state index contributed by atoms with van der Waals surface area (Å²) in [5, 5.41) is 2.99. The third kappa shape index (κ3) is 20.3. The molecule has 0 aromatic carbocycles. The number of nitrogens with one attached hydrogen (secondary N) is 1. The van der Waals surface area contributed by atoms with Gasteiger partial charge in [-0.05, 0) is 38.6 Å². The van der Waals surface area contributed by atoms with Gasteiger partial charge in [-0.25, -0.2) is 0 Å². The highest BCUT2D eigenvalue weighted by atomic mass is 16.5. The van der Waals surface area contributed by atoms with E-state index in [1.54, 1.807) is 0 Å². The highest BCUT2D eigenvalue weighted by Crippen LogP contribution is 2.20. The van der Waals surface area contributed by atoms with E-state index in [0.29, 0.717) is 65.7 Å². The number of hydrogen-bond donors (Lipinski definition) is 2. The fourth-order valence-corrected chi connectivity index (χ4v) is 5.01. The molecule has 0 aromatic rings. The van der Waals surface area contributed by atoms with Gasteiger partial charge in [-0.2, -0.15) is 0 Å². The van der Waals surface area contributed by atoms with Crippen molar-refractivity contribution in [2.24, 2.45) is 5.73 Å². The van der Waals surface area contributed by atoms with Crippen molar-refractivity contribution in [1.82, 2.24) is 10.2 Å². The Morgan fingerprint density at radius 1 is 0.718 bits per heavy atom. The van der Waals surface area contributed by atoms with Crippen LogP contribution < -0.4 is 11.1 Å². The summed E-state index contributed by atoms with van der Waals surface area (Å²) in [6, 6.07) is -0.305. The minimum absolute atomic E-state index is 0.0239. The van der Waals surface area contributed by atoms with Crippen LogP contribution in [0.5, 0.6) is 0 Å². The molecule has 1 atom stereocenters. The maximum absolute atomic E-state index is 12.8. The summed E-state index contributed by atoms with van der Waals surface area (Å²) in [5.41, 5.74) is 5.41. The quantitative estimate of drug-likeness (QED) is 0.126. The molecule has 1 unspecified atom stereocenters. The van der Waals surface area contributed by atoms with Gasteiger partial charge in [0, 0.05) is 32.7 Å². The predicted molar refractivity (Wildman–Crippen MR) is 159 cm³/mol. The molecule has 0 aliphatic carbocycles. The van der Waals surface area contributed by atoms with Gasteiger partial charge in [0.15, 0.2) is 0 Å². The van der Waals surface area contributed by atoms with Crippen LogP contribution in [-0.2, 0) is 23.8 Å². The Kier molecular flexibility index (Phi) is 24.8. The molecule has 1 aliphatic rings. The number of nitrogens with two attached hydrogens (primary N) is 1. The average molecular weight is 556 g/mol. The monoisotopic (exact) mass is 555 g/mol. The predicted octanol–water partition coefficient (Wildman–Crippen LogP) is 5.36. The minimum atomic E-state index is -0.305. The second-order valence-corrected chi connectivity index (χ2v) is 10.9. The largest absolute Gasteiger partial charge is 0.379 e. The number of carbonyl (C=O) groups excluding carboxylic acids is 2. The maximum atomic E-state index is 12.8. The van der Waals surface area contributed by atoms with Crippen LogP contribution in [-0.4, -0.2) is 82.0 Å². The molecule has 1 heterocycles. The summed E-state index contributed by atoms with van der Waals surface area (Å²) in [7, 11) is 0. The molecule has 0 spiro atoms. The Morgan fingerprint density at radius 3 is 1.79 bits per heavy atom. The summed E-state index contributed by atoms with van der Waals surface area (Å²) in [5.74, 6) is 0.119. The number of rotatable bonds is 28. The van der Waals surface area contributed by atoms with Gasteiger partial charge < -0.3 is 30.2 Å². The number of amides is 2. The molecular formula is C31H61N3O5. The van der Waals surface area contributed by atoms with Gasteiger partial charge >= 0.3 is 0 Å². The SMILES string of the molecule is CCCCCCCCCCCCCCCC(=O)N1CCCC1C(=O)NCCCOCCOCCOCCCN. The second kappa shape index (κ2) is 27.0. The van der Waals surface area contributed by atoms with Crippen molar-refractivity contribution in [2.75, 3.05) is 59.3 Å². The lowest BCUT2D eigenvalue weighted by Crippen LogP contribution is -2.46. The molecule has 3 N–H and O–H groups in total. The van der Waals surface area contributed by atoms with Crippen molar-refractivity contribution in [3.63, 3.8) is 0 Å². The smallest absolute Gasteiger partial charge is 0.242 e. The van der Waals surface area contributed by atoms with Crippen molar-refractivity contribution in [3.05, 3.63) is 0 Å². The molecule has 1 aliphatic heterocycles. The first-order valence-electron chi connectivity index (χ1n) is 16.2. The summed E-state index contributed by atoms with van der Waals surface area (Å²) in [6.07, 6.45) is 20.7. The van der Waals surface area contributed by atoms with E-state index in [1.165, 1.54) is 70.6 Å². The third-order valence-electron chi connectivity index (χ3n) is 7.37. The van der Waals surface area contributed by atoms with Gasteiger partial charge in [0.2, 0.25) is 11.8 Å². The van der Waals surface area contributed by atoms with Gasteiger partial charge in [-0.3, -0.25) is 9.59 Å². The molecule has 0 radical (unpaired) electrons. The molecule has 1 rings (SSSR count). The summed E-state index contributed by atoms with van der Waals surface area (Å²) in [4.78, 5) is 27.2. The normalized spacial score (nSPS) is 15.2. The maximum Gasteiger partial charge on any atom is 0.242 e.